The van der Waals surface area contributed by atoms with Gasteiger partial charge < -0.3 is 19.7 Å². The van der Waals surface area contributed by atoms with Crippen LogP contribution in [0.1, 0.15) is 27.8 Å². The molecule has 2 heterocycles. The summed E-state index contributed by atoms with van der Waals surface area (Å²) in [4.78, 5) is 27.8. The minimum atomic E-state index is -0.536. The van der Waals surface area contributed by atoms with Gasteiger partial charge in [0, 0.05) is 17.6 Å². The molecule has 0 aliphatic carbocycles. The highest BCUT2D eigenvalue weighted by atomic mass is 35.5. The molecule has 0 aliphatic rings. The van der Waals surface area contributed by atoms with Crippen LogP contribution in [-0.4, -0.2) is 27.1 Å². The zero-order valence-electron chi connectivity index (χ0n) is 13.7. The van der Waals surface area contributed by atoms with E-state index in [0.29, 0.717) is 10.8 Å². The number of hydrogen-bond donors (Lipinski definition) is 2. The number of nitrogens with one attached hydrogen (secondary N) is 2. The van der Waals surface area contributed by atoms with Crippen molar-refractivity contribution in [2.75, 3.05) is 5.32 Å². The van der Waals surface area contributed by atoms with Crippen molar-refractivity contribution in [2.45, 2.75) is 19.9 Å². The number of aromatic nitrogens is 3. The molecule has 2 aromatic heterocycles. The van der Waals surface area contributed by atoms with Crippen molar-refractivity contribution in [3.63, 3.8) is 0 Å². The van der Waals surface area contributed by atoms with Crippen LogP contribution >= 0.6 is 11.6 Å². The highest BCUT2D eigenvalue weighted by Crippen LogP contribution is 2.10. The summed E-state index contributed by atoms with van der Waals surface area (Å²) < 4.78 is 9.73. The molecule has 3 aromatic rings. The lowest BCUT2D eigenvalue weighted by Gasteiger charge is -2.02. The number of anilines is 1. The molecule has 0 bridgehead atoms. The molecular weight excluding hydrogens is 362 g/mol. The highest BCUT2D eigenvalue weighted by molar-refractivity contribution is 6.30. The van der Waals surface area contributed by atoms with E-state index >= 15 is 0 Å². The summed E-state index contributed by atoms with van der Waals surface area (Å²) in [6.45, 7) is 1.98. The molecule has 0 aliphatic heterocycles. The van der Waals surface area contributed by atoms with Crippen LogP contribution in [0, 0.1) is 6.92 Å². The Morgan fingerprint density at radius 2 is 1.92 bits per heavy atom. The molecule has 0 radical (unpaired) electrons. The molecule has 2 N–H and O–H groups in total. The third-order valence-corrected chi connectivity index (χ3v) is 3.49. The molecule has 0 unspecified atom stereocenters. The predicted octanol–water partition coefficient (Wildman–Crippen LogP) is 2.13. The minimum absolute atomic E-state index is 0.0827. The molecule has 1 aromatic carbocycles. The van der Waals surface area contributed by atoms with Crippen LogP contribution in [0.3, 0.4) is 0 Å². The zero-order chi connectivity index (χ0) is 18.5. The van der Waals surface area contributed by atoms with Crippen LogP contribution in [-0.2, 0) is 17.8 Å². The SMILES string of the molecule is Cc1cc(NC(=O)Cc2noc(C(=O)NCc3ccc(Cl)cc3)n2)no1. The second-order valence-electron chi connectivity index (χ2n) is 5.37. The molecule has 0 fully saturated rings. The molecule has 0 saturated carbocycles. The maximum Gasteiger partial charge on any atom is 0.315 e. The fraction of sp³-hybridized carbons (Fsp3) is 0.188. The number of carbonyl (C=O) groups is 2. The Hall–Kier alpha value is -3.20. The third kappa shape index (κ3) is 4.67. The first kappa shape index (κ1) is 17.6. The van der Waals surface area contributed by atoms with Crippen molar-refractivity contribution in [1.29, 1.82) is 0 Å². The Morgan fingerprint density at radius 1 is 1.15 bits per heavy atom. The summed E-state index contributed by atoms with van der Waals surface area (Å²) in [5.41, 5.74) is 0.866. The number of nitrogens with zero attached hydrogens (tertiary/aromatic N) is 3. The number of aryl methyl sites for hydroxylation is 1. The Kier molecular flexibility index (Phi) is 5.28. The summed E-state index contributed by atoms with van der Waals surface area (Å²) >= 11 is 5.80. The second-order valence-corrected chi connectivity index (χ2v) is 5.81. The highest BCUT2D eigenvalue weighted by Gasteiger charge is 2.17. The maximum absolute atomic E-state index is 12.0. The maximum atomic E-state index is 12.0. The van der Waals surface area contributed by atoms with E-state index in [2.05, 4.69) is 25.9 Å². The lowest BCUT2D eigenvalue weighted by molar-refractivity contribution is -0.115. The fourth-order valence-corrected chi connectivity index (χ4v) is 2.16. The molecule has 3 rings (SSSR count). The van der Waals surface area contributed by atoms with Gasteiger partial charge in [-0.2, -0.15) is 4.98 Å². The smallest absolute Gasteiger partial charge is 0.315 e. The van der Waals surface area contributed by atoms with Crippen LogP contribution in [0.2, 0.25) is 5.02 Å². The van der Waals surface area contributed by atoms with Crippen LogP contribution in [0.4, 0.5) is 5.82 Å². The number of amides is 2. The van der Waals surface area contributed by atoms with E-state index in [0.717, 1.165) is 5.56 Å². The molecule has 0 atom stereocenters. The van der Waals surface area contributed by atoms with Gasteiger partial charge in [-0.15, -0.1) is 0 Å². The van der Waals surface area contributed by atoms with E-state index in [9.17, 15) is 9.59 Å². The van der Waals surface area contributed by atoms with Crippen molar-refractivity contribution in [1.82, 2.24) is 20.6 Å². The van der Waals surface area contributed by atoms with Crippen molar-refractivity contribution in [3.05, 3.63) is 58.4 Å². The number of hydrogen-bond acceptors (Lipinski definition) is 7. The van der Waals surface area contributed by atoms with Crippen LogP contribution in [0.15, 0.2) is 39.4 Å². The molecule has 2 amide bonds. The van der Waals surface area contributed by atoms with Crippen molar-refractivity contribution in [3.8, 4) is 0 Å². The molecule has 134 valence electrons. The lowest BCUT2D eigenvalue weighted by Crippen LogP contribution is -2.23. The summed E-state index contributed by atoms with van der Waals surface area (Å²) in [5, 5.41) is 13.0. The Balaban J connectivity index is 1.52. The Morgan fingerprint density at radius 3 is 2.62 bits per heavy atom. The minimum Gasteiger partial charge on any atom is -0.360 e. The van der Waals surface area contributed by atoms with Crippen LogP contribution < -0.4 is 10.6 Å². The summed E-state index contributed by atoms with van der Waals surface area (Å²) in [5.74, 6) is -0.228. The van der Waals surface area contributed by atoms with Gasteiger partial charge in [0.15, 0.2) is 11.6 Å². The molecule has 26 heavy (non-hydrogen) atoms. The first-order chi connectivity index (χ1) is 12.5. The fourth-order valence-electron chi connectivity index (χ4n) is 2.03. The van der Waals surface area contributed by atoms with E-state index in [1.54, 1.807) is 37.3 Å². The quantitative estimate of drug-likeness (QED) is 0.676. The number of rotatable bonds is 6. The largest absolute Gasteiger partial charge is 0.360 e. The van der Waals surface area contributed by atoms with Gasteiger partial charge in [0.2, 0.25) is 5.91 Å². The second kappa shape index (κ2) is 7.79. The monoisotopic (exact) mass is 375 g/mol. The van der Waals surface area contributed by atoms with Gasteiger partial charge in [-0.1, -0.05) is 34.0 Å². The van der Waals surface area contributed by atoms with E-state index < -0.39 is 11.8 Å². The normalized spacial score (nSPS) is 10.5. The number of halogens is 1. The van der Waals surface area contributed by atoms with Crippen LogP contribution in [0.25, 0.3) is 0 Å². The zero-order valence-corrected chi connectivity index (χ0v) is 14.4. The Bertz CT molecular complexity index is 919. The summed E-state index contributed by atoms with van der Waals surface area (Å²) in [6, 6.07) is 8.60. The summed E-state index contributed by atoms with van der Waals surface area (Å²) in [7, 11) is 0. The average molecular weight is 376 g/mol. The molecule has 0 spiro atoms. The Labute approximate surface area is 152 Å². The number of carbonyl (C=O) groups excluding carboxylic acids is 2. The van der Waals surface area contributed by atoms with Gasteiger partial charge in [0.1, 0.15) is 5.76 Å². The van der Waals surface area contributed by atoms with Gasteiger partial charge in [-0.05, 0) is 24.6 Å². The first-order valence-corrected chi connectivity index (χ1v) is 7.96. The van der Waals surface area contributed by atoms with Gasteiger partial charge in [-0.25, -0.2) is 0 Å². The topological polar surface area (TPSA) is 123 Å². The third-order valence-electron chi connectivity index (χ3n) is 3.24. The summed E-state index contributed by atoms with van der Waals surface area (Å²) in [6.07, 6.45) is -0.167. The van der Waals surface area contributed by atoms with Gasteiger partial charge >= 0.3 is 11.8 Å². The van der Waals surface area contributed by atoms with Crippen molar-refractivity contribution < 1.29 is 18.6 Å². The predicted molar refractivity (Wildman–Crippen MR) is 90.5 cm³/mol. The number of benzene rings is 1. The van der Waals surface area contributed by atoms with E-state index in [4.69, 9.17) is 20.6 Å². The standard InChI is InChI=1S/C16H14ClN5O4/c1-9-6-12(21-25-9)19-14(23)7-13-20-16(26-22-13)15(24)18-8-10-2-4-11(17)5-3-10/h2-6H,7-8H2,1H3,(H,18,24)(H,19,21,23). The van der Waals surface area contributed by atoms with Gasteiger partial charge in [0.25, 0.3) is 0 Å². The average Bonchev–Trinajstić information content (AvgIpc) is 3.23. The van der Waals surface area contributed by atoms with Crippen molar-refractivity contribution >= 4 is 29.2 Å². The molecule has 9 nitrogen and oxygen atoms in total. The van der Waals surface area contributed by atoms with E-state index in [1.807, 2.05) is 0 Å². The first-order valence-electron chi connectivity index (χ1n) is 7.58. The molecule has 10 heteroatoms. The van der Waals surface area contributed by atoms with Crippen molar-refractivity contribution in [2.24, 2.45) is 0 Å². The lowest BCUT2D eigenvalue weighted by atomic mass is 10.2. The van der Waals surface area contributed by atoms with E-state index in [-0.39, 0.29) is 30.5 Å². The van der Waals surface area contributed by atoms with E-state index in [1.165, 1.54) is 0 Å². The van der Waals surface area contributed by atoms with Crippen LogP contribution in [0.5, 0.6) is 0 Å². The molecular formula is C16H14ClN5O4. The van der Waals surface area contributed by atoms with Gasteiger partial charge in [0.05, 0.1) is 6.42 Å². The van der Waals surface area contributed by atoms with Gasteiger partial charge in [-0.3, -0.25) is 9.59 Å². The molecule has 0 saturated heterocycles.